The highest BCUT2D eigenvalue weighted by atomic mass is 19.1. The lowest BCUT2D eigenvalue weighted by molar-refractivity contribution is -0.0905. The summed E-state index contributed by atoms with van der Waals surface area (Å²) in [7, 11) is 1.58. The van der Waals surface area contributed by atoms with Crippen LogP contribution in [0.3, 0.4) is 0 Å². The minimum atomic E-state index is -0.509. The molecule has 3 N–H and O–H groups in total. The molecule has 1 fully saturated rings. The summed E-state index contributed by atoms with van der Waals surface area (Å²) in [5.74, 6) is 0.359. The molecule has 10 heteroatoms. The van der Waals surface area contributed by atoms with Crippen molar-refractivity contribution in [2.75, 3.05) is 19.0 Å². The van der Waals surface area contributed by atoms with Gasteiger partial charge in [-0.15, -0.1) is 5.10 Å². The zero-order chi connectivity index (χ0) is 23.9. The molecule has 2 heterocycles. The second kappa shape index (κ2) is 11.1. The summed E-state index contributed by atoms with van der Waals surface area (Å²) in [5, 5.41) is 23.6. The number of benzene rings is 2. The number of carbonyl (C=O) groups is 1. The number of aliphatic hydroxyl groups excluding tert-OH is 1. The van der Waals surface area contributed by atoms with E-state index in [2.05, 4.69) is 20.9 Å². The van der Waals surface area contributed by atoms with E-state index in [1.807, 2.05) is 0 Å². The smallest absolute Gasteiger partial charge is 0.319 e. The predicted molar refractivity (Wildman–Crippen MR) is 124 cm³/mol. The third-order valence-electron chi connectivity index (χ3n) is 5.83. The lowest BCUT2D eigenvalue weighted by atomic mass is 9.97. The second-order valence-corrected chi connectivity index (χ2v) is 8.13. The van der Waals surface area contributed by atoms with Gasteiger partial charge in [-0.3, -0.25) is 4.68 Å². The molecule has 3 atom stereocenters. The fraction of sp³-hybridized carbons (Fsp3) is 0.375. The number of anilines is 1. The van der Waals surface area contributed by atoms with E-state index in [4.69, 9.17) is 9.47 Å². The molecular formula is C24H28FN5O4. The summed E-state index contributed by atoms with van der Waals surface area (Å²) in [6.45, 7) is 0.338. The van der Waals surface area contributed by atoms with E-state index in [-0.39, 0.29) is 30.6 Å². The van der Waals surface area contributed by atoms with Crippen molar-refractivity contribution in [3.63, 3.8) is 0 Å². The molecule has 3 aromatic rings. The van der Waals surface area contributed by atoms with E-state index in [0.717, 1.165) is 6.42 Å². The highest BCUT2D eigenvalue weighted by molar-refractivity contribution is 5.89. The van der Waals surface area contributed by atoms with Crippen molar-refractivity contribution in [1.29, 1.82) is 0 Å². The minimum Gasteiger partial charge on any atom is -0.497 e. The van der Waals surface area contributed by atoms with Gasteiger partial charge in [0.2, 0.25) is 0 Å². The third-order valence-corrected chi connectivity index (χ3v) is 5.83. The number of aryl methyl sites for hydroxylation is 1. The van der Waals surface area contributed by atoms with Crippen LogP contribution >= 0.6 is 0 Å². The molecular weight excluding hydrogens is 441 g/mol. The van der Waals surface area contributed by atoms with Crippen LogP contribution in [0.25, 0.3) is 11.3 Å². The van der Waals surface area contributed by atoms with Crippen LogP contribution in [0.4, 0.5) is 14.9 Å². The van der Waals surface area contributed by atoms with Crippen LogP contribution in [0.5, 0.6) is 5.75 Å². The van der Waals surface area contributed by atoms with E-state index in [0.29, 0.717) is 42.1 Å². The number of ether oxygens (including phenoxy) is 2. The lowest BCUT2D eigenvalue weighted by Gasteiger charge is -2.36. The Kier molecular flexibility index (Phi) is 7.71. The molecule has 1 aliphatic rings. The molecule has 1 aliphatic heterocycles. The number of aliphatic hydroxyl groups is 1. The second-order valence-electron chi connectivity index (χ2n) is 8.13. The number of amides is 2. The van der Waals surface area contributed by atoms with Crippen LogP contribution in [-0.2, 0) is 11.3 Å². The lowest BCUT2D eigenvalue weighted by Crippen LogP contribution is -2.52. The van der Waals surface area contributed by atoms with Gasteiger partial charge >= 0.3 is 6.03 Å². The number of urea groups is 1. The molecule has 0 bridgehead atoms. The van der Waals surface area contributed by atoms with Gasteiger partial charge in [0.05, 0.1) is 32.1 Å². The summed E-state index contributed by atoms with van der Waals surface area (Å²) in [6.07, 6.45) is 3.15. The van der Waals surface area contributed by atoms with Gasteiger partial charge in [-0.05, 0) is 55.7 Å². The molecule has 0 aliphatic carbocycles. The molecule has 0 spiro atoms. The molecule has 180 valence electrons. The SMILES string of the molecule is COc1ccc(NC(=O)N[C@H]2CC[C@@H](CCn3cc(-c4ccccc4F)nn3)O[C@@H]2CO)cc1. The number of carbonyl (C=O) groups excluding carboxylic acids is 1. The van der Waals surface area contributed by atoms with Crippen molar-refractivity contribution in [3.8, 4) is 17.0 Å². The maximum Gasteiger partial charge on any atom is 0.319 e. The highest BCUT2D eigenvalue weighted by Crippen LogP contribution is 2.24. The predicted octanol–water partition coefficient (Wildman–Crippen LogP) is 3.21. The van der Waals surface area contributed by atoms with Crippen molar-refractivity contribution in [2.45, 2.75) is 44.1 Å². The van der Waals surface area contributed by atoms with E-state index in [1.165, 1.54) is 6.07 Å². The van der Waals surface area contributed by atoms with E-state index < -0.39 is 6.10 Å². The van der Waals surface area contributed by atoms with E-state index >= 15 is 0 Å². The molecule has 0 unspecified atom stereocenters. The van der Waals surface area contributed by atoms with Crippen molar-refractivity contribution in [2.24, 2.45) is 0 Å². The maximum absolute atomic E-state index is 14.0. The zero-order valence-electron chi connectivity index (χ0n) is 18.9. The minimum absolute atomic E-state index is 0.0963. The van der Waals surface area contributed by atoms with Crippen LogP contribution in [0, 0.1) is 5.82 Å². The highest BCUT2D eigenvalue weighted by Gasteiger charge is 2.32. The van der Waals surface area contributed by atoms with Crippen molar-refractivity contribution in [1.82, 2.24) is 20.3 Å². The van der Waals surface area contributed by atoms with Crippen LogP contribution < -0.4 is 15.4 Å². The molecule has 2 aromatic carbocycles. The summed E-state index contributed by atoms with van der Waals surface area (Å²) in [4.78, 5) is 12.4. The number of halogens is 1. The van der Waals surface area contributed by atoms with Gasteiger partial charge in [-0.25, -0.2) is 9.18 Å². The molecule has 2 amide bonds. The van der Waals surface area contributed by atoms with Gasteiger partial charge in [-0.1, -0.05) is 17.3 Å². The Morgan fingerprint density at radius 3 is 2.76 bits per heavy atom. The van der Waals surface area contributed by atoms with E-state index in [9.17, 15) is 14.3 Å². The van der Waals surface area contributed by atoms with Crippen molar-refractivity contribution < 1.29 is 23.8 Å². The summed E-state index contributed by atoms with van der Waals surface area (Å²) < 4.78 is 26.8. The summed E-state index contributed by atoms with van der Waals surface area (Å²) in [5.41, 5.74) is 1.52. The number of rotatable bonds is 8. The first-order valence-corrected chi connectivity index (χ1v) is 11.2. The van der Waals surface area contributed by atoms with Gasteiger partial charge in [0.15, 0.2) is 0 Å². The first-order chi connectivity index (χ1) is 16.6. The van der Waals surface area contributed by atoms with Gasteiger partial charge < -0.3 is 25.2 Å². The normalized spacial score (nSPS) is 20.0. The molecule has 9 nitrogen and oxygen atoms in total. The van der Waals surface area contributed by atoms with Gasteiger partial charge in [0, 0.05) is 17.8 Å². The Hall–Kier alpha value is -3.50. The number of hydrogen-bond acceptors (Lipinski definition) is 6. The number of nitrogens with one attached hydrogen (secondary N) is 2. The zero-order valence-corrected chi connectivity index (χ0v) is 18.9. The molecule has 1 aromatic heterocycles. The summed E-state index contributed by atoms with van der Waals surface area (Å²) in [6, 6.07) is 12.8. The van der Waals surface area contributed by atoms with E-state index in [1.54, 1.807) is 60.5 Å². The molecule has 4 rings (SSSR count). The van der Waals surface area contributed by atoms with Gasteiger partial charge in [-0.2, -0.15) is 0 Å². The average molecular weight is 470 g/mol. The topological polar surface area (TPSA) is 111 Å². The average Bonchev–Trinajstić information content (AvgIpc) is 3.33. The Labute approximate surface area is 196 Å². The van der Waals surface area contributed by atoms with Gasteiger partial charge in [0.25, 0.3) is 0 Å². The fourth-order valence-corrected chi connectivity index (χ4v) is 4.00. The first-order valence-electron chi connectivity index (χ1n) is 11.2. The van der Waals surface area contributed by atoms with Crippen LogP contribution in [-0.4, -0.2) is 58.1 Å². The fourth-order valence-electron chi connectivity index (χ4n) is 4.00. The van der Waals surface area contributed by atoms with Crippen LogP contribution in [0.15, 0.2) is 54.7 Å². The summed E-state index contributed by atoms with van der Waals surface area (Å²) >= 11 is 0. The number of methoxy groups -OCH3 is 1. The first kappa shape index (κ1) is 23.7. The quantitative estimate of drug-likeness (QED) is 0.467. The molecule has 0 radical (unpaired) electrons. The van der Waals surface area contributed by atoms with Crippen molar-refractivity contribution >= 4 is 11.7 Å². The molecule has 0 saturated carbocycles. The largest absolute Gasteiger partial charge is 0.497 e. The van der Waals surface area contributed by atoms with Crippen molar-refractivity contribution in [3.05, 3.63) is 60.5 Å². The third kappa shape index (κ3) is 5.89. The van der Waals surface area contributed by atoms with Gasteiger partial charge in [0.1, 0.15) is 23.4 Å². The Balaban J connectivity index is 1.26. The Bertz CT molecular complexity index is 1090. The van der Waals surface area contributed by atoms with Crippen LogP contribution in [0.1, 0.15) is 19.3 Å². The monoisotopic (exact) mass is 469 g/mol. The number of hydrogen-bond donors (Lipinski definition) is 3. The van der Waals surface area contributed by atoms with Crippen LogP contribution in [0.2, 0.25) is 0 Å². The standard InChI is InChI=1S/C24H28FN5O4/c1-33-17-8-6-16(7-9-17)26-24(32)27-21-11-10-18(34-23(21)15-31)12-13-30-14-22(28-29-30)19-4-2-3-5-20(19)25/h2-9,14,18,21,23,31H,10-13,15H2,1H3,(H2,26,27,32)/t18-,21-,23+/m0/s1. The number of aromatic nitrogens is 3. The molecule has 1 saturated heterocycles. The Morgan fingerprint density at radius 1 is 1.24 bits per heavy atom. The number of nitrogens with zero attached hydrogens (tertiary/aromatic N) is 3. The molecule has 34 heavy (non-hydrogen) atoms. The maximum atomic E-state index is 14.0. The Morgan fingerprint density at radius 2 is 2.03 bits per heavy atom.